The van der Waals surface area contributed by atoms with Crippen molar-refractivity contribution in [2.45, 2.75) is 5.16 Å². The van der Waals surface area contributed by atoms with Crippen LogP contribution in [0.2, 0.25) is 0 Å². The lowest BCUT2D eigenvalue weighted by atomic mass is 10.0. The summed E-state index contributed by atoms with van der Waals surface area (Å²) in [6.07, 6.45) is 1.83. The molecule has 0 saturated carbocycles. The minimum Gasteiger partial charge on any atom is -0.378 e. The molecule has 124 valence electrons. The summed E-state index contributed by atoms with van der Waals surface area (Å²) >= 11 is 4.83. The van der Waals surface area contributed by atoms with E-state index in [1.54, 1.807) is 0 Å². The third kappa shape index (κ3) is 3.34. The fourth-order valence-electron chi connectivity index (χ4n) is 2.62. The summed E-state index contributed by atoms with van der Waals surface area (Å²) in [5.41, 5.74) is 1.75. The highest BCUT2D eigenvalue weighted by atomic mass is 79.9. The maximum Gasteiger partial charge on any atom is 0.270 e. The minimum absolute atomic E-state index is 0.0321. The van der Waals surface area contributed by atoms with Crippen LogP contribution in [0.15, 0.2) is 32.6 Å². The van der Waals surface area contributed by atoms with Gasteiger partial charge in [0.2, 0.25) is 0 Å². The molecule has 1 saturated heterocycles. The topological polar surface area (TPSA) is 82.0 Å². The number of halogens is 1. The summed E-state index contributed by atoms with van der Waals surface area (Å²) in [4.78, 5) is 21.5. The molecule has 0 aliphatic carbocycles. The molecule has 0 spiro atoms. The Morgan fingerprint density at radius 2 is 2.17 bits per heavy atom. The van der Waals surface area contributed by atoms with Gasteiger partial charge in [-0.25, -0.2) is 4.98 Å². The molecule has 1 aliphatic rings. The first-order chi connectivity index (χ1) is 11.6. The summed E-state index contributed by atoms with van der Waals surface area (Å²) in [7, 11) is 0. The molecule has 0 bridgehead atoms. The number of nitrogens with one attached hydrogen (secondary N) is 1. The van der Waals surface area contributed by atoms with E-state index in [1.807, 2.05) is 30.5 Å². The number of hydrogen-bond donors (Lipinski definition) is 1. The molecule has 1 aromatic heterocycles. The SMILES string of the molecule is CSc1nc(-c2ccc(Br)cc2N2CCOCC2)c(C#N)c(=O)[nH]1. The Morgan fingerprint density at radius 1 is 1.42 bits per heavy atom. The third-order valence-electron chi connectivity index (χ3n) is 3.77. The van der Waals surface area contributed by atoms with E-state index < -0.39 is 5.56 Å². The van der Waals surface area contributed by atoms with Crippen LogP contribution >= 0.6 is 27.7 Å². The van der Waals surface area contributed by atoms with Crippen molar-refractivity contribution in [3.8, 4) is 17.3 Å². The van der Waals surface area contributed by atoms with Gasteiger partial charge < -0.3 is 14.6 Å². The molecule has 0 atom stereocenters. The zero-order chi connectivity index (χ0) is 17.1. The number of aromatic amines is 1. The Kier molecular flexibility index (Phi) is 5.23. The van der Waals surface area contributed by atoms with Crippen molar-refractivity contribution >= 4 is 33.4 Å². The first-order valence-corrected chi connectivity index (χ1v) is 9.37. The lowest BCUT2D eigenvalue weighted by molar-refractivity contribution is 0.122. The van der Waals surface area contributed by atoms with Crippen LogP contribution in [0.4, 0.5) is 5.69 Å². The molecule has 6 nitrogen and oxygen atoms in total. The lowest BCUT2D eigenvalue weighted by Gasteiger charge is -2.30. The van der Waals surface area contributed by atoms with Gasteiger partial charge in [0.05, 0.1) is 18.9 Å². The Hall–Kier alpha value is -1.82. The van der Waals surface area contributed by atoms with E-state index in [-0.39, 0.29) is 5.56 Å². The standard InChI is InChI=1S/C16H15BrN4O2S/c1-24-16-19-14(12(9-18)15(22)20-16)11-3-2-10(17)8-13(11)21-4-6-23-7-5-21/h2-3,8H,4-7H2,1H3,(H,19,20,22). The molecule has 24 heavy (non-hydrogen) atoms. The molecular formula is C16H15BrN4O2S. The van der Waals surface area contributed by atoms with Gasteiger partial charge in [-0.05, 0) is 24.5 Å². The molecule has 1 N–H and O–H groups in total. The highest BCUT2D eigenvalue weighted by molar-refractivity contribution is 9.10. The first-order valence-electron chi connectivity index (χ1n) is 7.35. The van der Waals surface area contributed by atoms with E-state index in [0.29, 0.717) is 24.1 Å². The summed E-state index contributed by atoms with van der Waals surface area (Å²) < 4.78 is 6.35. The second-order valence-corrected chi connectivity index (χ2v) is 6.88. The summed E-state index contributed by atoms with van der Waals surface area (Å²) in [5.74, 6) is 0. The fraction of sp³-hybridized carbons (Fsp3) is 0.312. The highest BCUT2D eigenvalue weighted by Crippen LogP contribution is 2.34. The quantitative estimate of drug-likeness (QED) is 0.622. The molecule has 1 aliphatic heterocycles. The van der Waals surface area contributed by atoms with Crippen molar-refractivity contribution in [2.75, 3.05) is 37.5 Å². The highest BCUT2D eigenvalue weighted by Gasteiger charge is 2.21. The number of ether oxygens (including phenoxy) is 1. The van der Waals surface area contributed by atoms with Gasteiger partial charge in [-0.1, -0.05) is 27.7 Å². The van der Waals surface area contributed by atoms with Crippen LogP contribution in [-0.4, -0.2) is 42.5 Å². The molecule has 2 aromatic rings. The molecule has 8 heteroatoms. The molecule has 0 unspecified atom stereocenters. The van der Waals surface area contributed by atoms with Crippen LogP contribution in [0.3, 0.4) is 0 Å². The number of hydrogen-bond acceptors (Lipinski definition) is 6. The van der Waals surface area contributed by atoms with E-state index >= 15 is 0 Å². The Morgan fingerprint density at radius 3 is 2.83 bits per heavy atom. The van der Waals surface area contributed by atoms with Gasteiger partial charge in [-0.15, -0.1) is 0 Å². The van der Waals surface area contributed by atoms with Crippen molar-refractivity contribution in [3.63, 3.8) is 0 Å². The first kappa shape index (κ1) is 17.0. The summed E-state index contributed by atoms with van der Waals surface area (Å²) in [6, 6.07) is 7.76. The number of anilines is 1. The molecular weight excluding hydrogens is 392 g/mol. The lowest BCUT2D eigenvalue weighted by Crippen LogP contribution is -2.36. The van der Waals surface area contributed by atoms with Crippen LogP contribution in [0, 0.1) is 11.3 Å². The minimum atomic E-state index is -0.414. The van der Waals surface area contributed by atoms with Crippen LogP contribution in [-0.2, 0) is 4.74 Å². The van der Waals surface area contributed by atoms with E-state index in [2.05, 4.69) is 30.8 Å². The van der Waals surface area contributed by atoms with Gasteiger partial charge in [0, 0.05) is 28.8 Å². The number of nitriles is 1. The average Bonchev–Trinajstić information content (AvgIpc) is 2.61. The molecule has 3 rings (SSSR count). The van der Waals surface area contributed by atoms with Gasteiger partial charge >= 0.3 is 0 Å². The normalized spacial score (nSPS) is 14.5. The predicted octanol–water partition coefficient (Wildman–Crippen LogP) is 2.63. The van der Waals surface area contributed by atoms with Crippen molar-refractivity contribution in [1.82, 2.24) is 9.97 Å². The molecule has 0 amide bonds. The zero-order valence-electron chi connectivity index (χ0n) is 13.0. The fourth-order valence-corrected chi connectivity index (χ4v) is 3.35. The number of nitrogens with zero attached hydrogens (tertiary/aromatic N) is 3. The predicted molar refractivity (Wildman–Crippen MR) is 97.5 cm³/mol. The molecule has 0 radical (unpaired) electrons. The van der Waals surface area contributed by atoms with Gasteiger partial charge in [0.1, 0.15) is 11.6 Å². The van der Waals surface area contributed by atoms with Gasteiger partial charge in [-0.2, -0.15) is 5.26 Å². The summed E-state index contributed by atoms with van der Waals surface area (Å²) in [5, 5.41) is 9.91. The van der Waals surface area contributed by atoms with Crippen molar-refractivity contribution in [3.05, 3.63) is 38.6 Å². The van der Waals surface area contributed by atoms with Gasteiger partial charge in [0.25, 0.3) is 5.56 Å². The van der Waals surface area contributed by atoms with E-state index in [0.717, 1.165) is 28.8 Å². The van der Waals surface area contributed by atoms with Crippen LogP contribution < -0.4 is 10.5 Å². The molecule has 2 heterocycles. The molecule has 1 fully saturated rings. The Bertz CT molecular complexity index is 856. The zero-order valence-corrected chi connectivity index (χ0v) is 15.4. The van der Waals surface area contributed by atoms with Crippen molar-refractivity contribution in [2.24, 2.45) is 0 Å². The van der Waals surface area contributed by atoms with Crippen LogP contribution in [0.5, 0.6) is 0 Å². The summed E-state index contributed by atoms with van der Waals surface area (Å²) in [6.45, 7) is 2.81. The number of morpholine rings is 1. The van der Waals surface area contributed by atoms with Crippen molar-refractivity contribution < 1.29 is 4.74 Å². The van der Waals surface area contributed by atoms with E-state index in [1.165, 1.54) is 11.8 Å². The second-order valence-electron chi connectivity index (χ2n) is 5.17. The van der Waals surface area contributed by atoms with Gasteiger partial charge in [-0.3, -0.25) is 4.79 Å². The number of benzene rings is 1. The second kappa shape index (κ2) is 7.38. The van der Waals surface area contributed by atoms with E-state index in [9.17, 15) is 10.1 Å². The average molecular weight is 407 g/mol. The third-order valence-corrected chi connectivity index (χ3v) is 4.84. The van der Waals surface area contributed by atoms with Gasteiger partial charge in [0.15, 0.2) is 5.16 Å². The number of rotatable bonds is 3. The Balaban J connectivity index is 2.21. The molecule has 1 aromatic carbocycles. The van der Waals surface area contributed by atoms with Crippen molar-refractivity contribution in [1.29, 1.82) is 5.26 Å². The monoisotopic (exact) mass is 406 g/mol. The Labute approximate surface area is 152 Å². The smallest absolute Gasteiger partial charge is 0.270 e. The maximum absolute atomic E-state index is 12.2. The number of H-pyrrole nitrogens is 1. The van der Waals surface area contributed by atoms with Crippen LogP contribution in [0.1, 0.15) is 5.56 Å². The largest absolute Gasteiger partial charge is 0.378 e. The maximum atomic E-state index is 12.2. The number of thioether (sulfide) groups is 1. The van der Waals surface area contributed by atoms with Crippen LogP contribution in [0.25, 0.3) is 11.3 Å². The van der Waals surface area contributed by atoms with E-state index in [4.69, 9.17) is 4.74 Å². The number of aromatic nitrogens is 2.